The number of aromatic nitrogens is 2. The van der Waals surface area contributed by atoms with Crippen LogP contribution in [0.5, 0.6) is 0 Å². The molecule has 0 saturated heterocycles. The van der Waals surface area contributed by atoms with E-state index in [1.54, 1.807) is 12.1 Å². The van der Waals surface area contributed by atoms with Crippen molar-refractivity contribution in [1.29, 1.82) is 5.26 Å². The van der Waals surface area contributed by atoms with Gasteiger partial charge in [0.2, 0.25) is 0 Å². The lowest BCUT2D eigenvalue weighted by Crippen LogP contribution is -2.10. The molecule has 0 aliphatic carbocycles. The molecule has 110 valence electrons. The van der Waals surface area contributed by atoms with Crippen LogP contribution in [0.2, 0.25) is 0 Å². The molecular weight excluding hydrogens is 266 g/mol. The second-order valence-electron chi connectivity index (χ2n) is 4.55. The third-order valence-electron chi connectivity index (χ3n) is 2.90. The zero-order valence-corrected chi connectivity index (χ0v) is 12.1. The molecule has 0 saturated carbocycles. The Morgan fingerprint density at radius 1 is 1.24 bits per heavy atom. The molecule has 2 N–H and O–H groups in total. The summed E-state index contributed by atoms with van der Waals surface area (Å²) in [5, 5.41) is 8.84. The van der Waals surface area contributed by atoms with Gasteiger partial charge in [-0.2, -0.15) is 5.26 Å². The second-order valence-corrected chi connectivity index (χ2v) is 4.55. The van der Waals surface area contributed by atoms with Crippen molar-refractivity contribution < 1.29 is 9.47 Å². The van der Waals surface area contributed by atoms with E-state index in [9.17, 15) is 0 Å². The Hall–Kier alpha value is -2.29. The molecular formula is C16H19N3O2. The van der Waals surface area contributed by atoms with Crippen LogP contribution in [0.15, 0.2) is 36.9 Å². The summed E-state index contributed by atoms with van der Waals surface area (Å²) >= 11 is 0. The minimum atomic E-state index is -0.443. The molecule has 21 heavy (non-hydrogen) atoms. The maximum atomic E-state index is 8.84. The van der Waals surface area contributed by atoms with Crippen LogP contribution in [0, 0.1) is 11.3 Å². The number of ether oxygens (including phenoxy) is 2. The molecule has 0 aliphatic rings. The molecule has 5 heteroatoms. The van der Waals surface area contributed by atoms with Crippen molar-refractivity contribution in [2.24, 2.45) is 0 Å². The van der Waals surface area contributed by atoms with Crippen molar-refractivity contribution >= 4 is 0 Å². The number of aromatic amines is 2. The molecule has 2 aromatic rings. The summed E-state index contributed by atoms with van der Waals surface area (Å²) in [7, 11) is 0. The molecule has 1 atom stereocenters. The molecule has 1 unspecified atom stereocenters. The number of hydrogen-bond donors (Lipinski definition) is 2. The van der Waals surface area contributed by atoms with Gasteiger partial charge in [-0.25, -0.2) is 0 Å². The Morgan fingerprint density at radius 2 is 2.00 bits per heavy atom. The van der Waals surface area contributed by atoms with E-state index in [4.69, 9.17) is 14.7 Å². The predicted molar refractivity (Wildman–Crippen MR) is 80.4 cm³/mol. The summed E-state index contributed by atoms with van der Waals surface area (Å²) in [6.07, 6.45) is 2.17. The van der Waals surface area contributed by atoms with Crippen LogP contribution < -0.4 is 0 Å². The third kappa shape index (κ3) is 3.85. The maximum Gasteiger partial charge on any atom is 0.199 e. The van der Waals surface area contributed by atoms with Crippen LogP contribution in [0.3, 0.4) is 0 Å². The molecule has 0 bridgehead atoms. The van der Waals surface area contributed by atoms with Gasteiger partial charge < -0.3 is 19.4 Å². The highest BCUT2D eigenvalue weighted by Crippen LogP contribution is 2.24. The van der Waals surface area contributed by atoms with Gasteiger partial charge in [-0.3, -0.25) is 0 Å². The summed E-state index contributed by atoms with van der Waals surface area (Å²) in [6.45, 7) is 6.74. The van der Waals surface area contributed by atoms with E-state index in [0.29, 0.717) is 18.9 Å². The second kappa shape index (κ2) is 7.48. The van der Waals surface area contributed by atoms with Crippen molar-refractivity contribution in [2.75, 3.05) is 13.2 Å². The lowest BCUT2D eigenvalue weighted by atomic mass is 10.3. The van der Waals surface area contributed by atoms with Gasteiger partial charge in [-0.05, 0) is 30.7 Å². The van der Waals surface area contributed by atoms with Crippen molar-refractivity contribution in [3.05, 3.63) is 48.3 Å². The SMILES string of the molecule is C=CCOC(OCCC)c1ccc(-c2ccc(C#N)[nH]2)[nH]1. The van der Waals surface area contributed by atoms with E-state index >= 15 is 0 Å². The molecule has 0 radical (unpaired) electrons. The molecule has 0 amide bonds. The first kappa shape index (κ1) is 15.1. The van der Waals surface area contributed by atoms with E-state index in [-0.39, 0.29) is 0 Å². The van der Waals surface area contributed by atoms with E-state index in [1.165, 1.54) is 0 Å². The molecule has 0 aromatic carbocycles. The number of nitriles is 1. The van der Waals surface area contributed by atoms with Crippen LogP contribution in [0.1, 0.15) is 31.0 Å². The first-order valence-corrected chi connectivity index (χ1v) is 6.91. The predicted octanol–water partition coefficient (Wildman–Crippen LogP) is 3.51. The van der Waals surface area contributed by atoms with E-state index in [2.05, 4.69) is 22.6 Å². The fraction of sp³-hybridized carbons (Fsp3) is 0.312. The zero-order valence-electron chi connectivity index (χ0n) is 12.1. The van der Waals surface area contributed by atoms with Gasteiger partial charge in [0.25, 0.3) is 0 Å². The summed E-state index contributed by atoms with van der Waals surface area (Å²) in [5.41, 5.74) is 3.12. The number of nitrogens with zero attached hydrogens (tertiary/aromatic N) is 1. The fourth-order valence-corrected chi connectivity index (χ4v) is 1.93. The Bertz CT molecular complexity index is 622. The zero-order chi connectivity index (χ0) is 15.1. The lowest BCUT2D eigenvalue weighted by molar-refractivity contribution is -0.141. The van der Waals surface area contributed by atoms with Crippen LogP contribution in [0.4, 0.5) is 0 Å². The van der Waals surface area contributed by atoms with E-state index in [0.717, 1.165) is 23.5 Å². The highest BCUT2D eigenvalue weighted by atomic mass is 16.7. The third-order valence-corrected chi connectivity index (χ3v) is 2.90. The number of hydrogen-bond acceptors (Lipinski definition) is 3. The first-order chi connectivity index (χ1) is 10.3. The highest BCUT2D eigenvalue weighted by Gasteiger charge is 2.15. The molecule has 2 heterocycles. The average molecular weight is 285 g/mol. The van der Waals surface area contributed by atoms with E-state index in [1.807, 2.05) is 25.1 Å². The molecule has 0 aliphatic heterocycles. The summed E-state index contributed by atoms with van der Waals surface area (Å²) in [4.78, 5) is 6.29. The molecule has 0 spiro atoms. The van der Waals surface area contributed by atoms with Gasteiger partial charge in [0.1, 0.15) is 11.8 Å². The van der Waals surface area contributed by atoms with Crippen LogP contribution >= 0.6 is 0 Å². The summed E-state index contributed by atoms with van der Waals surface area (Å²) in [5.74, 6) is 0. The number of nitrogens with one attached hydrogen (secondary N) is 2. The van der Waals surface area contributed by atoms with Crippen molar-refractivity contribution in [3.8, 4) is 17.5 Å². The van der Waals surface area contributed by atoms with Crippen molar-refractivity contribution in [1.82, 2.24) is 9.97 Å². The Balaban J connectivity index is 2.14. The Kier molecular flexibility index (Phi) is 5.38. The van der Waals surface area contributed by atoms with Gasteiger partial charge >= 0.3 is 0 Å². The smallest absolute Gasteiger partial charge is 0.199 e. The minimum absolute atomic E-state index is 0.420. The minimum Gasteiger partial charge on any atom is -0.353 e. The maximum absolute atomic E-state index is 8.84. The summed E-state index contributed by atoms with van der Waals surface area (Å²) < 4.78 is 11.3. The largest absolute Gasteiger partial charge is 0.353 e. The first-order valence-electron chi connectivity index (χ1n) is 6.91. The quantitative estimate of drug-likeness (QED) is 0.575. The van der Waals surface area contributed by atoms with Gasteiger partial charge in [0, 0.05) is 6.61 Å². The standard InChI is InChI=1S/C16H19N3O2/c1-3-9-20-16(21-10-4-2)15-8-7-14(19-15)13-6-5-12(11-17)18-13/h3,5-8,16,18-19H,1,4,9-10H2,2H3. The summed E-state index contributed by atoms with van der Waals surface area (Å²) in [6, 6.07) is 9.53. The Morgan fingerprint density at radius 3 is 2.67 bits per heavy atom. The van der Waals surface area contributed by atoms with Gasteiger partial charge in [-0.15, -0.1) is 6.58 Å². The van der Waals surface area contributed by atoms with E-state index < -0.39 is 6.29 Å². The van der Waals surface area contributed by atoms with Crippen LogP contribution in [-0.2, 0) is 9.47 Å². The number of rotatable bonds is 8. The van der Waals surface area contributed by atoms with Gasteiger partial charge in [0.05, 0.1) is 23.7 Å². The molecule has 5 nitrogen and oxygen atoms in total. The molecule has 2 aromatic heterocycles. The van der Waals surface area contributed by atoms with Crippen molar-refractivity contribution in [2.45, 2.75) is 19.6 Å². The average Bonchev–Trinajstić information content (AvgIpc) is 3.16. The van der Waals surface area contributed by atoms with Crippen LogP contribution in [0.25, 0.3) is 11.4 Å². The topological polar surface area (TPSA) is 73.8 Å². The fourth-order valence-electron chi connectivity index (χ4n) is 1.93. The van der Waals surface area contributed by atoms with Crippen LogP contribution in [-0.4, -0.2) is 23.2 Å². The monoisotopic (exact) mass is 285 g/mol. The normalized spacial score (nSPS) is 12.0. The molecule has 0 fully saturated rings. The van der Waals surface area contributed by atoms with Gasteiger partial charge in [0.15, 0.2) is 6.29 Å². The highest BCUT2D eigenvalue weighted by molar-refractivity contribution is 5.57. The number of H-pyrrole nitrogens is 2. The van der Waals surface area contributed by atoms with Gasteiger partial charge in [-0.1, -0.05) is 13.0 Å². The molecule has 2 rings (SSSR count). The Labute approximate surface area is 124 Å². The van der Waals surface area contributed by atoms with Crippen molar-refractivity contribution in [3.63, 3.8) is 0 Å². The lowest BCUT2D eigenvalue weighted by Gasteiger charge is -2.16.